The lowest BCUT2D eigenvalue weighted by Gasteiger charge is -2.18. The number of anilines is 2. The highest BCUT2D eigenvalue weighted by Gasteiger charge is 2.33. The second-order valence-electron chi connectivity index (χ2n) is 6.15. The van der Waals surface area contributed by atoms with Gasteiger partial charge in [0.1, 0.15) is 11.9 Å². The number of nitrogens with one attached hydrogen (secondary N) is 2. The molecule has 3 amide bonds. The third-order valence-corrected chi connectivity index (χ3v) is 4.50. The van der Waals surface area contributed by atoms with Crippen molar-refractivity contribution < 1.29 is 14.0 Å². The molecule has 0 radical (unpaired) electrons. The van der Waals surface area contributed by atoms with Gasteiger partial charge in [0, 0.05) is 17.9 Å². The molecule has 5 nitrogen and oxygen atoms in total. The van der Waals surface area contributed by atoms with Gasteiger partial charge in [-0.3, -0.25) is 4.79 Å². The molecule has 0 spiro atoms. The molecule has 1 atom stereocenters. The number of benzene rings is 2. The Bertz CT molecular complexity index is 805. The van der Waals surface area contributed by atoms with E-state index in [1.807, 2.05) is 32.0 Å². The SMILES string of the molecule is Cc1cccc(NC(=O)NC2CCN(c3ccc(F)cc3)C2=O)c1C. The summed E-state index contributed by atoms with van der Waals surface area (Å²) in [6, 6.07) is 10.4. The van der Waals surface area contributed by atoms with E-state index in [9.17, 15) is 14.0 Å². The fourth-order valence-electron chi connectivity index (χ4n) is 2.89. The van der Waals surface area contributed by atoms with Crippen LogP contribution in [-0.2, 0) is 4.79 Å². The van der Waals surface area contributed by atoms with Crippen molar-refractivity contribution in [3.8, 4) is 0 Å². The van der Waals surface area contributed by atoms with Gasteiger partial charge in [0.05, 0.1) is 0 Å². The standard InChI is InChI=1S/C19H20FN3O2/c1-12-4-3-5-16(13(12)2)21-19(25)22-17-10-11-23(18(17)24)15-8-6-14(20)7-9-15/h3-9,17H,10-11H2,1-2H3,(H2,21,22,25). The lowest BCUT2D eigenvalue weighted by molar-refractivity contribution is -0.118. The van der Waals surface area contributed by atoms with Crippen molar-refractivity contribution in [3.05, 3.63) is 59.4 Å². The summed E-state index contributed by atoms with van der Waals surface area (Å²) in [5, 5.41) is 5.51. The average molecular weight is 341 g/mol. The van der Waals surface area contributed by atoms with Crippen molar-refractivity contribution in [2.24, 2.45) is 0 Å². The number of aryl methyl sites for hydroxylation is 1. The predicted molar refractivity (Wildman–Crippen MR) is 95.2 cm³/mol. The summed E-state index contributed by atoms with van der Waals surface area (Å²) in [7, 11) is 0. The first kappa shape index (κ1) is 17.0. The fraction of sp³-hybridized carbons (Fsp3) is 0.263. The third-order valence-electron chi connectivity index (χ3n) is 4.50. The van der Waals surface area contributed by atoms with E-state index in [0.29, 0.717) is 18.7 Å². The minimum absolute atomic E-state index is 0.192. The molecule has 1 fully saturated rings. The number of halogens is 1. The van der Waals surface area contributed by atoms with Crippen molar-refractivity contribution in [2.45, 2.75) is 26.3 Å². The number of hydrogen-bond donors (Lipinski definition) is 2. The van der Waals surface area contributed by atoms with Crippen LogP contribution in [-0.4, -0.2) is 24.5 Å². The quantitative estimate of drug-likeness (QED) is 0.899. The Hall–Kier alpha value is -2.89. The molecule has 2 aromatic rings. The maximum Gasteiger partial charge on any atom is 0.319 e. The summed E-state index contributed by atoms with van der Waals surface area (Å²) in [5.41, 5.74) is 3.42. The molecule has 0 bridgehead atoms. The van der Waals surface area contributed by atoms with Crippen LogP contribution in [0.5, 0.6) is 0 Å². The van der Waals surface area contributed by atoms with Crippen LogP contribution in [0.4, 0.5) is 20.6 Å². The summed E-state index contributed by atoms with van der Waals surface area (Å²) < 4.78 is 13.0. The zero-order chi connectivity index (χ0) is 18.0. The Morgan fingerprint density at radius 3 is 2.60 bits per heavy atom. The molecule has 1 aliphatic rings. The summed E-state index contributed by atoms with van der Waals surface area (Å²) in [4.78, 5) is 26.3. The molecule has 130 valence electrons. The summed E-state index contributed by atoms with van der Waals surface area (Å²) in [6.07, 6.45) is 0.510. The van der Waals surface area contributed by atoms with E-state index < -0.39 is 12.1 Å². The van der Waals surface area contributed by atoms with Crippen molar-refractivity contribution >= 4 is 23.3 Å². The van der Waals surface area contributed by atoms with Crippen LogP contribution in [0.2, 0.25) is 0 Å². The zero-order valence-corrected chi connectivity index (χ0v) is 14.2. The van der Waals surface area contributed by atoms with Crippen LogP contribution in [0.1, 0.15) is 17.5 Å². The molecule has 0 aliphatic carbocycles. The number of urea groups is 1. The van der Waals surface area contributed by atoms with Crippen molar-refractivity contribution in [1.82, 2.24) is 5.32 Å². The Morgan fingerprint density at radius 2 is 1.88 bits per heavy atom. The Labute approximate surface area is 145 Å². The maximum atomic E-state index is 13.0. The van der Waals surface area contributed by atoms with Crippen LogP contribution in [0, 0.1) is 19.7 Å². The third kappa shape index (κ3) is 3.63. The Balaban J connectivity index is 1.63. The van der Waals surface area contributed by atoms with Crippen LogP contribution in [0.15, 0.2) is 42.5 Å². The molecule has 1 heterocycles. The summed E-state index contributed by atoms with van der Waals surface area (Å²) in [6.45, 7) is 4.39. The van der Waals surface area contributed by atoms with Crippen LogP contribution < -0.4 is 15.5 Å². The van der Waals surface area contributed by atoms with E-state index in [4.69, 9.17) is 0 Å². The van der Waals surface area contributed by atoms with Crippen LogP contribution in [0.25, 0.3) is 0 Å². The van der Waals surface area contributed by atoms with Gasteiger partial charge in [-0.2, -0.15) is 0 Å². The molecule has 2 N–H and O–H groups in total. The van der Waals surface area contributed by atoms with Gasteiger partial charge in [0.15, 0.2) is 0 Å². The highest BCUT2D eigenvalue weighted by molar-refractivity contribution is 6.02. The normalized spacial score (nSPS) is 16.8. The fourth-order valence-corrected chi connectivity index (χ4v) is 2.89. The molecule has 0 aromatic heterocycles. The predicted octanol–water partition coefficient (Wildman–Crippen LogP) is 3.37. The minimum atomic E-state index is -0.588. The van der Waals surface area contributed by atoms with Crippen LogP contribution in [0.3, 0.4) is 0 Å². The second kappa shape index (κ2) is 6.93. The number of amides is 3. The van der Waals surface area contributed by atoms with E-state index in [2.05, 4.69) is 10.6 Å². The molecular weight excluding hydrogens is 321 g/mol. The number of carbonyl (C=O) groups excluding carboxylic acids is 2. The molecule has 3 rings (SSSR count). The van der Waals surface area contributed by atoms with Crippen molar-refractivity contribution in [3.63, 3.8) is 0 Å². The van der Waals surface area contributed by atoms with Gasteiger partial charge in [-0.1, -0.05) is 12.1 Å². The highest BCUT2D eigenvalue weighted by atomic mass is 19.1. The topological polar surface area (TPSA) is 61.4 Å². The van der Waals surface area contributed by atoms with Gasteiger partial charge in [0.2, 0.25) is 5.91 Å². The van der Waals surface area contributed by atoms with E-state index in [0.717, 1.165) is 16.8 Å². The average Bonchev–Trinajstić information content (AvgIpc) is 2.93. The lowest BCUT2D eigenvalue weighted by Crippen LogP contribution is -2.43. The molecule has 6 heteroatoms. The molecule has 1 aliphatic heterocycles. The largest absolute Gasteiger partial charge is 0.326 e. The van der Waals surface area contributed by atoms with Gasteiger partial charge in [-0.25, -0.2) is 9.18 Å². The number of rotatable bonds is 3. The molecule has 25 heavy (non-hydrogen) atoms. The maximum absolute atomic E-state index is 13.0. The monoisotopic (exact) mass is 341 g/mol. The van der Waals surface area contributed by atoms with Crippen molar-refractivity contribution in [1.29, 1.82) is 0 Å². The molecule has 1 saturated heterocycles. The first-order chi connectivity index (χ1) is 12.0. The molecule has 0 saturated carbocycles. The number of carbonyl (C=O) groups is 2. The Morgan fingerprint density at radius 1 is 1.16 bits per heavy atom. The first-order valence-corrected chi connectivity index (χ1v) is 8.16. The van der Waals surface area contributed by atoms with Gasteiger partial charge in [-0.05, 0) is 61.7 Å². The zero-order valence-electron chi connectivity index (χ0n) is 14.2. The number of nitrogens with zero attached hydrogens (tertiary/aromatic N) is 1. The molecule has 1 unspecified atom stereocenters. The van der Waals surface area contributed by atoms with Gasteiger partial charge < -0.3 is 15.5 Å². The molecular formula is C19H20FN3O2. The van der Waals surface area contributed by atoms with E-state index in [1.54, 1.807) is 17.0 Å². The van der Waals surface area contributed by atoms with E-state index >= 15 is 0 Å². The summed E-state index contributed by atoms with van der Waals surface area (Å²) >= 11 is 0. The Kier molecular flexibility index (Phi) is 4.70. The van der Waals surface area contributed by atoms with Gasteiger partial charge >= 0.3 is 6.03 Å². The first-order valence-electron chi connectivity index (χ1n) is 8.16. The van der Waals surface area contributed by atoms with Gasteiger partial charge in [-0.15, -0.1) is 0 Å². The lowest BCUT2D eigenvalue weighted by atomic mass is 10.1. The van der Waals surface area contributed by atoms with Crippen molar-refractivity contribution in [2.75, 3.05) is 16.8 Å². The second-order valence-corrected chi connectivity index (χ2v) is 6.15. The smallest absolute Gasteiger partial charge is 0.319 e. The van der Waals surface area contributed by atoms with Gasteiger partial charge in [0.25, 0.3) is 0 Å². The van der Waals surface area contributed by atoms with E-state index in [-0.39, 0.29) is 11.7 Å². The van der Waals surface area contributed by atoms with Crippen LogP contribution >= 0.6 is 0 Å². The molecule has 2 aromatic carbocycles. The number of hydrogen-bond acceptors (Lipinski definition) is 2. The summed E-state index contributed by atoms with van der Waals surface area (Å²) in [5.74, 6) is -0.541. The minimum Gasteiger partial charge on any atom is -0.326 e. The van der Waals surface area contributed by atoms with E-state index in [1.165, 1.54) is 12.1 Å². The highest BCUT2D eigenvalue weighted by Crippen LogP contribution is 2.22.